The van der Waals surface area contributed by atoms with Crippen LogP contribution in [0.4, 0.5) is 0 Å². The maximum absolute atomic E-state index is 12.5. The van der Waals surface area contributed by atoms with E-state index >= 15 is 0 Å². The van der Waals surface area contributed by atoms with Gasteiger partial charge < -0.3 is 32.9 Å². The van der Waals surface area contributed by atoms with Gasteiger partial charge in [-0.15, -0.1) is 0 Å². The van der Waals surface area contributed by atoms with E-state index in [-0.39, 0.29) is 25.1 Å². The van der Waals surface area contributed by atoms with Crippen LogP contribution in [0.3, 0.4) is 0 Å². The molecule has 0 aromatic heterocycles. The van der Waals surface area contributed by atoms with Gasteiger partial charge in [-0.1, -0.05) is 181 Å². The number of Topliss-reactive ketones (excluding diaryl/α,β-unsaturated/α-hetero) is 1. The summed E-state index contributed by atoms with van der Waals surface area (Å²) in [6, 6.07) is 73.9. The zero-order chi connectivity index (χ0) is 53.6. The Bertz CT molecular complexity index is 2830. The third kappa shape index (κ3) is 17.0. The fourth-order valence-corrected chi connectivity index (χ4v) is 14.4. The molecule has 76 heavy (non-hydrogen) atoms. The predicted molar refractivity (Wildman–Crippen MR) is 314 cm³/mol. The number of hydrogen-bond acceptors (Lipinski definition) is 8. The van der Waals surface area contributed by atoms with Gasteiger partial charge in [-0.3, -0.25) is 4.79 Å². The van der Waals surface area contributed by atoms with E-state index in [1.54, 1.807) is 6.92 Å². The maximum Gasteiger partial charge on any atom is 0.252 e. The van der Waals surface area contributed by atoms with Gasteiger partial charge in [0.1, 0.15) is 41.8 Å². The summed E-state index contributed by atoms with van der Waals surface area (Å²) in [4.78, 5) is 12.5. The Balaban J connectivity index is 0.000000221. The molecule has 0 saturated carbocycles. The number of hydrogen-bond donors (Lipinski definition) is 1. The Kier molecular flexibility index (Phi) is 21.4. The second-order valence-electron chi connectivity index (χ2n) is 19.6. The standard InChI is InChI=1S/C33H38O4Si.C33H36O4Si/c2*1-26-16-20-30(21-17-26)37-27(2)33(34)25-35-29-22-18-28(19-23-29)11-10-24-36-38(3,31-12-6-4-7-13-31)32-14-8-5-9-15-32/h4-9,12-23,27,33-34H,10-11,24-25H2,1-3H3;4-9,12-23,27H,10-11,24-25H2,1-3H3. The van der Waals surface area contributed by atoms with Gasteiger partial charge in [0.05, 0.1) is 0 Å². The molecular formula is C66H74O8Si2. The molecule has 0 aliphatic heterocycles. The molecule has 10 heteroatoms. The normalized spacial score (nSPS) is 12.6. The molecule has 0 heterocycles. The van der Waals surface area contributed by atoms with Crippen molar-refractivity contribution < 1.29 is 37.7 Å². The third-order valence-corrected chi connectivity index (χ3v) is 20.9. The molecule has 0 saturated heterocycles. The van der Waals surface area contributed by atoms with Crippen LogP contribution in [0, 0.1) is 13.8 Å². The molecule has 0 bridgehead atoms. The number of aliphatic hydroxyl groups excluding tert-OH is 1. The van der Waals surface area contributed by atoms with Gasteiger partial charge in [0.25, 0.3) is 16.6 Å². The van der Waals surface area contributed by atoms with Gasteiger partial charge in [-0.25, -0.2) is 0 Å². The van der Waals surface area contributed by atoms with Crippen molar-refractivity contribution in [2.75, 3.05) is 26.4 Å². The lowest BCUT2D eigenvalue weighted by Gasteiger charge is -2.28. The first kappa shape index (κ1) is 56.7. The number of benzene rings is 8. The average molecular weight is 1050 g/mol. The van der Waals surface area contributed by atoms with E-state index < -0.39 is 28.8 Å². The number of ether oxygens (including phenoxy) is 4. The van der Waals surface area contributed by atoms with Crippen molar-refractivity contribution in [2.45, 2.75) is 84.8 Å². The number of rotatable bonds is 26. The molecule has 8 nitrogen and oxygen atoms in total. The Hall–Kier alpha value is -7.06. The van der Waals surface area contributed by atoms with Crippen LogP contribution < -0.4 is 39.7 Å². The van der Waals surface area contributed by atoms with E-state index in [0.717, 1.165) is 42.7 Å². The second kappa shape index (κ2) is 28.7. The summed E-state index contributed by atoms with van der Waals surface area (Å²) in [5.41, 5.74) is 4.77. The van der Waals surface area contributed by atoms with E-state index in [1.165, 1.54) is 37.4 Å². The van der Waals surface area contributed by atoms with Crippen LogP contribution in [0.2, 0.25) is 13.1 Å². The summed E-state index contributed by atoms with van der Waals surface area (Å²) in [5.74, 6) is 2.73. The maximum atomic E-state index is 12.5. The van der Waals surface area contributed by atoms with E-state index in [2.05, 4.69) is 147 Å². The number of ketones is 1. The first-order chi connectivity index (χ1) is 36.9. The minimum Gasteiger partial charge on any atom is -0.491 e. The second-order valence-corrected chi connectivity index (χ2v) is 26.6. The van der Waals surface area contributed by atoms with Crippen LogP contribution >= 0.6 is 0 Å². The summed E-state index contributed by atoms with van der Waals surface area (Å²) < 4.78 is 36.4. The predicted octanol–water partition coefficient (Wildman–Crippen LogP) is 11.3. The van der Waals surface area contributed by atoms with Crippen molar-refractivity contribution in [1.82, 2.24) is 0 Å². The number of aryl methyl sites for hydroxylation is 4. The first-order valence-corrected chi connectivity index (χ1v) is 31.3. The highest BCUT2D eigenvalue weighted by molar-refractivity contribution is 6.97. The Morgan fingerprint density at radius 2 is 0.789 bits per heavy atom. The van der Waals surface area contributed by atoms with Gasteiger partial charge in [-0.05, 0) is 147 Å². The number of carbonyl (C=O) groups is 1. The number of carbonyl (C=O) groups excluding carboxylic acids is 1. The van der Waals surface area contributed by atoms with Crippen molar-refractivity contribution in [1.29, 1.82) is 0 Å². The van der Waals surface area contributed by atoms with E-state index in [4.69, 9.17) is 27.8 Å². The molecule has 0 radical (unpaired) electrons. The largest absolute Gasteiger partial charge is 0.491 e. The highest BCUT2D eigenvalue weighted by atomic mass is 28.4. The summed E-state index contributed by atoms with van der Waals surface area (Å²) >= 11 is 0. The van der Waals surface area contributed by atoms with Crippen LogP contribution in [0.15, 0.2) is 218 Å². The van der Waals surface area contributed by atoms with Gasteiger partial charge in [-0.2, -0.15) is 0 Å². The van der Waals surface area contributed by atoms with Crippen LogP contribution in [-0.2, 0) is 26.5 Å². The van der Waals surface area contributed by atoms with Crippen molar-refractivity contribution >= 4 is 43.2 Å². The Labute approximate surface area is 453 Å². The van der Waals surface area contributed by atoms with E-state index in [9.17, 15) is 9.90 Å². The summed E-state index contributed by atoms with van der Waals surface area (Å²) in [6.45, 7) is 13.7. The third-order valence-electron chi connectivity index (χ3n) is 13.6. The summed E-state index contributed by atoms with van der Waals surface area (Å²) in [7, 11) is -4.53. The molecule has 0 aliphatic carbocycles. The molecule has 0 fully saturated rings. The smallest absolute Gasteiger partial charge is 0.252 e. The van der Waals surface area contributed by atoms with Crippen molar-refractivity contribution in [3.8, 4) is 23.0 Å². The molecule has 1 N–H and O–H groups in total. The molecular weight excluding hydrogens is 977 g/mol. The molecule has 3 atom stereocenters. The van der Waals surface area contributed by atoms with E-state index in [0.29, 0.717) is 24.7 Å². The van der Waals surface area contributed by atoms with Crippen molar-refractivity contribution in [3.05, 3.63) is 241 Å². The quantitative estimate of drug-likeness (QED) is 0.0424. The van der Waals surface area contributed by atoms with Crippen molar-refractivity contribution in [2.24, 2.45) is 0 Å². The topological polar surface area (TPSA) is 92.7 Å². The first-order valence-electron chi connectivity index (χ1n) is 26.5. The highest BCUT2D eigenvalue weighted by Gasteiger charge is 2.35. The summed E-state index contributed by atoms with van der Waals surface area (Å²) in [5, 5.41) is 15.6. The molecule has 0 spiro atoms. The Morgan fingerprint density at radius 1 is 0.447 bits per heavy atom. The zero-order valence-corrected chi connectivity index (χ0v) is 47.0. The van der Waals surface area contributed by atoms with Crippen LogP contribution in [0.25, 0.3) is 0 Å². The monoisotopic (exact) mass is 1050 g/mol. The average Bonchev–Trinajstić information content (AvgIpc) is 3.47. The molecule has 8 aromatic carbocycles. The lowest BCUT2D eigenvalue weighted by atomic mass is 10.1. The lowest BCUT2D eigenvalue weighted by molar-refractivity contribution is -0.127. The van der Waals surface area contributed by atoms with Gasteiger partial charge in [0.15, 0.2) is 12.7 Å². The Morgan fingerprint density at radius 3 is 1.17 bits per heavy atom. The van der Waals surface area contributed by atoms with Crippen LogP contribution in [-0.4, -0.2) is 72.3 Å². The zero-order valence-electron chi connectivity index (χ0n) is 45.0. The minimum atomic E-state index is -2.27. The molecule has 3 unspecified atom stereocenters. The lowest BCUT2D eigenvalue weighted by Crippen LogP contribution is -2.58. The van der Waals surface area contributed by atoms with E-state index in [1.807, 2.05) is 106 Å². The van der Waals surface area contributed by atoms with Gasteiger partial charge in [0, 0.05) is 13.2 Å². The number of aliphatic hydroxyl groups is 1. The van der Waals surface area contributed by atoms with Gasteiger partial charge in [0.2, 0.25) is 5.78 Å². The highest BCUT2D eigenvalue weighted by Crippen LogP contribution is 2.20. The molecule has 0 amide bonds. The molecule has 8 aromatic rings. The molecule has 394 valence electrons. The fourth-order valence-electron chi connectivity index (χ4n) is 8.69. The fraction of sp³-hybridized carbons (Fsp3) is 0.258. The van der Waals surface area contributed by atoms with Crippen molar-refractivity contribution in [3.63, 3.8) is 0 Å². The van der Waals surface area contributed by atoms with Gasteiger partial charge >= 0.3 is 0 Å². The van der Waals surface area contributed by atoms with Crippen LogP contribution in [0.5, 0.6) is 23.0 Å². The molecule has 8 rings (SSSR count). The minimum absolute atomic E-state index is 0.0254. The SMILES string of the molecule is Cc1ccc(OC(C)C(=O)COc2ccc(CCCO[Si](C)(c3ccccc3)c3ccccc3)cc2)cc1.Cc1ccc(OC(C)C(O)COc2ccc(CCCO[Si](C)(c3ccccc3)c3ccccc3)cc2)cc1. The summed E-state index contributed by atoms with van der Waals surface area (Å²) in [6.07, 6.45) is 2.02. The van der Waals surface area contributed by atoms with Crippen LogP contribution in [0.1, 0.15) is 48.9 Å². The molecule has 0 aliphatic rings.